The van der Waals surface area contributed by atoms with E-state index in [2.05, 4.69) is 17.9 Å². The van der Waals surface area contributed by atoms with Crippen molar-refractivity contribution in [2.75, 3.05) is 27.2 Å². The normalized spacial score (nSPS) is 9.79. The molecule has 0 fully saturated rings. The van der Waals surface area contributed by atoms with Crippen LogP contribution in [0.15, 0.2) is 13.2 Å². The number of nitrogens with two attached hydrogens (primary N) is 1. The number of rotatable bonds is 3. The summed E-state index contributed by atoms with van der Waals surface area (Å²) < 4.78 is 4.55. The maximum absolute atomic E-state index is 11.0. The summed E-state index contributed by atoms with van der Waals surface area (Å²) in [5.74, 6) is 0. The molecule has 4 nitrogen and oxygen atoms in total. The number of hydrogen-bond donors (Lipinski definition) is 1. The number of carbonyl (C=O) groups is 1. The van der Waals surface area contributed by atoms with Gasteiger partial charge in [-0.3, -0.25) is 0 Å². The van der Waals surface area contributed by atoms with Gasteiger partial charge in [0.2, 0.25) is 0 Å². The van der Waals surface area contributed by atoms with Crippen LogP contribution in [0, 0.1) is 5.41 Å². The molecule has 0 saturated carbocycles. The van der Waals surface area contributed by atoms with E-state index in [-0.39, 0.29) is 11.5 Å². The molecule has 0 aromatic heterocycles. The second-order valence-electron chi connectivity index (χ2n) is 3.69. The van der Waals surface area contributed by atoms with Crippen molar-refractivity contribution in [1.82, 2.24) is 4.90 Å². The van der Waals surface area contributed by atoms with Crippen molar-refractivity contribution in [1.29, 1.82) is 0 Å². The number of nitrogens with zero attached hydrogens (tertiary/aromatic N) is 1. The number of hydrogen-bond acceptors (Lipinski definition) is 3. The average molecular weight is 202 g/mol. The Bertz CT molecular complexity index is 170. The van der Waals surface area contributed by atoms with Gasteiger partial charge in [-0.15, -0.1) is 13.2 Å². The van der Waals surface area contributed by atoms with Crippen molar-refractivity contribution in [3.8, 4) is 0 Å². The number of carbonyl (C=O) groups excluding carboxylic acids is 1. The Hall–Kier alpha value is -1.03. The van der Waals surface area contributed by atoms with E-state index in [1.54, 1.807) is 7.05 Å². The summed E-state index contributed by atoms with van der Waals surface area (Å²) in [5.41, 5.74) is 5.46. The van der Waals surface area contributed by atoms with Crippen LogP contribution in [0.4, 0.5) is 4.79 Å². The quantitative estimate of drug-likeness (QED) is 0.705. The van der Waals surface area contributed by atoms with Crippen molar-refractivity contribution >= 4 is 6.09 Å². The van der Waals surface area contributed by atoms with Crippen molar-refractivity contribution in [2.45, 2.75) is 13.8 Å². The second-order valence-corrected chi connectivity index (χ2v) is 3.69. The lowest BCUT2D eigenvalue weighted by atomic mass is 9.93. The molecule has 0 rings (SSSR count). The highest BCUT2D eigenvalue weighted by atomic mass is 16.5. The van der Waals surface area contributed by atoms with Gasteiger partial charge in [-0.25, -0.2) is 4.79 Å². The maximum atomic E-state index is 11.0. The molecule has 0 unspecified atom stereocenters. The monoisotopic (exact) mass is 202 g/mol. The summed E-state index contributed by atoms with van der Waals surface area (Å²) in [6.45, 7) is 11.2. The van der Waals surface area contributed by atoms with Gasteiger partial charge in [0.25, 0.3) is 0 Å². The minimum atomic E-state index is -0.323. The molecule has 4 heteroatoms. The summed E-state index contributed by atoms with van der Waals surface area (Å²) >= 11 is 0. The third kappa shape index (κ3) is 6.48. The first kappa shape index (κ1) is 15.4. The Morgan fingerprint density at radius 1 is 1.50 bits per heavy atom. The van der Waals surface area contributed by atoms with Crippen LogP contribution >= 0.6 is 0 Å². The molecule has 0 aromatic carbocycles. The lowest BCUT2D eigenvalue weighted by molar-refractivity contribution is 0.118. The Morgan fingerprint density at radius 3 is 2.21 bits per heavy atom. The van der Waals surface area contributed by atoms with Gasteiger partial charge in [0, 0.05) is 13.6 Å². The molecule has 0 aromatic rings. The largest absolute Gasteiger partial charge is 0.453 e. The van der Waals surface area contributed by atoms with Crippen molar-refractivity contribution < 1.29 is 9.53 Å². The predicted octanol–water partition coefficient (Wildman–Crippen LogP) is 1.47. The number of ether oxygens (including phenoxy) is 1. The highest BCUT2D eigenvalue weighted by Crippen LogP contribution is 2.13. The zero-order valence-corrected chi connectivity index (χ0v) is 9.67. The molecule has 84 valence electrons. The van der Waals surface area contributed by atoms with Crippen molar-refractivity contribution in [2.24, 2.45) is 11.1 Å². The van der Waals surface area contributed by atoms with Crippen LogP contribution in [0.1, 0.15) is 13.8 Å². The van der Waals surface area contributed by atoms with E-state index >= 15 is 0 Å². The van der Waals surface area contributed by atoms with Gasteiger partial charge < -0.3 is 15.4 Å². The minimum absolute atomic E-state index is 0.0526. The molecule has 0 spiro atoms. The molecule has 0 atom stereocenters. The third-order valence-corrected chi connectivity index (χ3v) is 1.70. The van der Waals surface area contributed by atoms with Crippen LogP contribution in [0.5, 0.6) is 0 Å². The molecule has 0 heterocycles. The van der Waals surface area contributed by atoms with E-state index in [9.17, 15) is 4.79 Å². The van der Waals surface area contributed by atoms with E-state index in [0.717, 1.165) is 0 Å². The number of amides is 1. The average Bonchev–Trinajstić information content (AvgIpc) is 2.19. The fourth-order valence-corrected chi connectivity index (χ4v) is 0.927. The van der Waals surface area contributed by atoms with Crippen molar-refractivity contribution in [3.05, 3.63) is 13.2 Å². The fraction of sp³-hybridized carbons (Fsp3) is 0.700. The van der Waals surface area contributed by atoms with Crippen molar-refractivity contribution in [3.63, 3.8) is 0 Å². The molecule has 14 heavy (non-hydrogen) atoms. The first-order valence-corrected chi connectivity index (χ1v) is 4.42. The molecule has 1 amide bonds. The zero-order chi connectivity index (χ0) is 11.8. The van der Waals surface area contributed by atoms with Crippen LogP contribution in [0.3, 0.4) is 0 Å². The summed E-state index contributed by atoms with van der Waals surface area (Å²) in [4.78, 5) is 12.5. The molecular formula is C10H22N2O2. The number of methoxy groups -OCH3 is 1. The zero-order valence-electron chi connectivity index (χ0n) is 9.67. The first-order valence-electron chi connectivity index (χ1n) is 4.42. The summed E-state index contributed by atoms with van der Waals surface area (Å²) in [6, 6.07) is 0. The Balaban J connectivity index is 0. The van der Waals surface area contributed by atoms with Crippen LogP contribution in [0.2, 0.25) is 0 Å². The summed E-state index contributed by atoms with van der Waals surface area (Å²) in [5, 5.41) is 0. The fourth-order valence-electron chi connectivity index (χ4n) is 0.927. The minimum Gasteiger partial charge on any atom is -0.453 e. The summed E-state index contributed by atoms with van der Waals surface area (Å²) in [6.07, 6.45) is -0.323. The molecule has 0 aliphatic carbocycles. The smallest absolute Gasteiger partial charge is 0.409 e. The maximum Gasteiger partial charge on any atom is 0.409 e. The third-order valence-electron chi connectivity index (χ3n) is 1.70. The Labute approximate surface area is 86.7 Å². The molecule has 0 radical (unpaired) electrons. The van der Waals surface area contributed by atoms with Gasteiger partial charge in [-0.1, -0.05) is 13.8 Å². The molecule has 0 saturated heterocycles. The second kappa shape index (κ2) is 7.38. The van der Waals surface area contributed by atoms with Crippen LogP contribution < -0.4 is 5.73 Å². The topological polar surface area (TPSA) is 55.6 Å². The van der Waals surface area contributed by atoms with Crippen LogP contribution in [-0.4, -0.2) is 38.2 Å². The highest BCUT2D eigenvalue weighted by molar-refractivity contribution is 5.66. The van der Waals surface area contributed by atoms with Crippen LogP contribution in [-0.2, 0) is 4.74 Å². The first-order chi connectivity index (χ1) is 6.43. The van der Waals surface area contributed by atoms with Gasteiger partial charge in [0.1, 0.15) is 0 Å². The molecule has 0 aliphatic heterocycles. The van der Waals surface area contributed by atoms with Crippen LogP contribution in [0.25, 0.3) is 0 Å². The van der Waals surface area contributed by atoms with E-state index in [1.807, 2.05) is 13.8 Å². The molecular weight excluding hydrogens is 180 g/mol. The van der Waals surface area contributed by atoms with E-state index in [0.29, 0.717) is 13.1 Å². The SMILES string of the molecule is C=C.COC(=O)N(C)CC(C)(C)CN. The predicted molar refractivity (Wildman–Crippen MR) is 59.1 cm³/mol. The van der Waals surface area contributed by atoms with E-state index in [4.69, 9.17) is 5.73 Å². The van der Waals surface area contributed by atoms with Gasteiger partial charge in [-0.2, -0.15) is 0 Å². The van der Waals surface area contributed by atoms with Gasteiger partial charge in [0.05, 0.1) is 7.11 Å². The summed E-state index contributed by atoms with van der Waals surface area (Å²) in [7, 11) is 3.07. The molecule has 2 N–H and O–H groups in total. The van der Waals surface area contributed by atoms with Gasteiger partial charge in [0.15, 0.2) is 0 Å². The van der Waals surface area contributed by atoms with Gasteiger partial charge >= 0.3 is 6.09 Å². The molecule has 0 aliphatic rings. The van der Waals surface area contributed by atoms with Gasteiger partial charge in [-0.05, 0) is 12.0 Å². The van der Waals surface area contributed by atoms with E-state index in [1.165, 1.54) is 12.0 Å². The highest BCUT2D eigenvalue weighted by Gasteiger charge is 2.21. The van der Waals surface area contributed by atoms with E-state index < -0.39 is 0 Å². The Kier molecular flexibility index (Phi) is 8.14. The Morgan fingerprint density at radius 2 is 1.93 bits per heavy atom. The molecule has 0 bridgehead atoms. The lowest BCUT2D eigenvalue weighted by Gasteiger charge is -2.27. The standard InChI is InChI=1S/C8H18N2O2.C2H4/c1-8(2,5-9)6-10(3)7(11)12-4;1-2/h5-6,9H2,1-4H3;1-2H2. The lowest BCUT2D eigenvalue weighted by Crippen LogP contribution is -2.39.